The minimum atomic E-state index is 0. The summed E-state index contributed by atoms with van der Waals surface area (Å²) in [7, 11) is 0.241. The van der Waals surface area contributed by atoms with Crippen LogP contribution in [0.5, 0.6) is 0 Å². The summed E-state index contributed by atoms with van der Waals surface area (Å²) in [4.78, 5) is 9.63. The van der Waals surface area contributed by atoms with Gasteiger partial charge in [-0.1, -0.05) is 0 Å². The molecule has 0 atom stereocenters. The van der Waals surface area contributed by atoms with E-state index < -0.39 is 0 Å². The summed E-state index contributed by atoms with van der Waals surface area (Å²) in [5.74, 6) is 0. The average molecular weight is 665 g/mol. The third-order valence-electron chi connectivity index (χ3n) is 4.83. The molecule has 0 saturated carbocycles. The van der Waals surface area contributed by atoms with Crippen LogP contribution in [0.25, 0.3) is 11.4 Å². The Morgan fingerprint density at radius 1 is 0.455 bits per heavy atom. The molecule has 184 valence electrons. The third kappa shape index (κ3) is 13.9. The Labute approximate surface area is 220 Å². The number of rotatable bonds is 1. The van der Waals surface area contributed by atoms with Gasteiger partial charge < -0.3 is 23.7 Å². The first kappa shape index (κ1) is 39.0. The summed E-state index contributed by atoms with van der Waals surface area (Å²) in [5, 5.41) is 12.5. The molecule has 0 aliphatic carbocycles. The topological polar surface area (TPSA) is 73.4 Å². The molecule has 0 aliphatic rings. The smallest absolute Gasteiger partial charge is 0.512 e. The van der Waals surface area contributed by atoms with E-state index in [0.29, 0.717) is 0 Å². The predicted octanol–water partition coefficient (Wildman–Crippen LogP) is 6.98. The van der Waals surface area contributed by atoms with Crippen molar-refractivity contribution >= 4 is 15.8 Å². The van der Waals surface area contributed by atoms with Gasteiger partial charge in [-0.2, -0.15) is 0 Å². The predicted molar refractivity (Wildman–Crippen MR) is 147 cm³/mol. The van der Waals surface area contributed by atoms with Crippen molar-refractivity contribution in [2.45, 2.75) is 55.4 Å². The molecule has 2 aromatic heterocycles. The molecule has 7 heteroatoms. The van der Waals surface area contributed by atoms with Crippen LogP contribution in [-0.2, 0) is 19.8 Å². The summed E-state index contributed by atoms with van der Waals surface area (Å²) in [5.41, 5.74) is 12.0. The minimum Gasteiger partial charge on any atom is -0.512 e. The molecule has 33 heavy (non-hydrogen) atoms. The zero-order chi connectivity index (χ0) is 26.3. The number of hydrogen-bond acceptors (Lipinski definition) is 4. The molecule has 4 nitrogen and oxygen atoms in total. The fourth-order valence-corrected chi connectivity index (χ4v) is 2.59. The van der Waals surface area contributed by atoms with Crippen molar-refractivity contribution < 1.29 is 19.8 Å². The Morgan fingerprint density at radius 2 is 0.636 bits per heavy atom. The van der Waals surface area contributed by atoms with Crippen LogP contribution in [0.15, 0.2) is 0 Å². The van der Waals surface area contributed by atoms with Crippen molar-refractivity contribution in [2.24, 2.45) is 0 Å². The molecule has 2 aromatic rings. The molecule has 0 N–H and O–H groups in total. The van der Waals surface area contributed by atoms with Crippen molar-refractivity contribution in [3.8, 4) is 11.4 Å². The van der Waals surface area contributed by atoms with Gasteiger partial charge in [-0.3, -0.25) is 9.97 Å². The van der Waals surface area contributed by atoms with Crippen molar-refractivity contribution in [2.75, 3.05) is 40.0 Å². The maximum Gasteiger partial charge on any atom is 2.00 e. The van der Waals surface area contributed by atoms with Gasteiger partial charge in [0.05, 0.1) is 11.4 Å². The van der Waals surface area contributed by atoms with Crippen LogP contribution in [0, 0.1) is 79.1 Å². The van der Waals surface area contributed by atoms with Gasteiger partial charge >= 0.3 is 19.8 Å². The number of pyridine rings is 2. The maximum atomic E-state index is 6.25. The second kappa shape index (κ2) is 20.2. The summed E-state index contributed by atoms with van der Waals surface area (Å²) in [6.07, 6.45) is 0. The molecule has 0 unspecified atom stereocenters. The Kier molecular flexibility index (Phi) is 23.9. The van der Waals surface area contributed by atoms with Crippen LogP contribution in [0.2, 0.25) is 0 Å². The second-order valence-corrected chi connectivity index (χ2v) is 14.8. The van der Waals surface area contributed by atoms with Crippen molar-refractivity contribution in [1.82, 2.24) is 9.97 Å². The Morgan fingerprint density at radius 3 is 0.818 bits per heavy atom. The van der Waals surface area contributed by atoms with Crippen molar-refractivity contribution in [3.63, 3.8) is 0 Å². The zero-order valence-electron chi connectivity index (χ0n) is 23.1. The van der Waals surface area contributed by atoms with Gasteiger partial charge in [-0.05, 0) is 105 Å². The molecule has 2 rings (SSSR count). The number of nitrogens with zero attached hydrogens (tertiary/aromatic N) is 4. The summed E-state index contributed by atoms with van der Waals surface area (Å²) in [6.45, 7) is 40.2. The van der Waals surface area contributed by atoms with E-state index in [1.807, 2.05) is 0 Å². The fraction of sp³-hybridized carbons (Fsp3) is 0.538. The molecule has 0 radical (unpaired) electrons. The molecular formula is C26H44N4OsP2+2. The van der Waals surface area contributed by atoms with E-state index >= 15 is 0 Å². The zero-order valence-corrected chi connectivity index (χ0v) is 27.7. The largest absolute Gasteiger partial charge is 2.00 e. The van der Waals surface area contributed by atoms with Crippen LogP contribution in [-0.4, -0.2) is 50.0 Å². The van der Waals surface area contributed by atoms with Crippen LogP contribution in [0.4, 0.5) is 0 Å². The SMILES string of the molecule is C[PH+](C)C.C[PH+](C)C.Cc1nc(-c2nc(C)c(C)c(C)c2C)c(C)c(C)c1C.[C-]#N.[C-]#N.[Os+2]. The van der Waals surface area contributed by atoms with Gasteiger partial charge in [-0.15, -0.1) is 0 Å². The molecule has 0 bridgehead atoms. The quantitative estimate of drug-likeness (QED) is 0.244. The van der Waals surface area contributed by atoms with Gasteiger partial charge in [0.1, 0.15) is 0 Å². The van der Waals surface area contributed by atoms with Gasteiger partial charge in [0.15, 0.2) is 0 Å². The van der Waals surface area contributed by atoms with Gasteiger partial charge in [0.2, 0.25) is 0 Å². The van der Waals surface area contributed by atoms with Crippen LogP contribution < -0.4 is 0 Å². The molecular weight excluding hydrogens is 620 g/mol. The monoisotopic (exact) mass is 666 g/mol. The van der Waals surface area contributed by atoms with Crippen molar-refractivity contribution in [3.05, 3.63) is 57.9 Å². The molecule has 0 spiro atoms. The molecule has 0 aromatic carbocycles. The second-order valence-electron chi connectivity index (χ2n) is 8.84. The minimum absolute atomic E-state index is 0. The Balaban J connectivity index is -0.000000274. The van der Waals surface area contributed by atoms with Crippen LogP contribution >= 0.6 is 15.8 Å². The number of aryl methyl sites for hydroxylation is 2. The molecule has 0 fully saturated rings. The fourth-order valence-electron chi connectivity index (χ4n) is 2.59. The molecule has 0 aliphatic heterocycles. The van der Waals surface area contributed by atoms with Crippen LogP contribution in [0.1, 0.15) is 44.8 Å². The van der Waals surface area contributed by atoms with E-state index in [1.165, 1.54) is 33.4 Å². The van der Waals surface area contributed by atoms with E-state index in [2.05, 4.69) is 95.4 Å². The third-order valence-corrected chi connectivity index (χ3v) is 4.83. The van der Waals surface area contributed by atoms with Crippen LogP contribution in [0.3, 0.4) is 0 Å². The summed E-state index contributed by atoms with van der Waals surface area (Å²) >= 11 is 0. The summed E-state index contributed by atoms with van der Waals surface area (Å²) < 4.78 is 0. The first-order valence-corrected chi connectivity index (χ1v) is 16.6. The Hall–Kier alpha value is -1.22. The number of hydrogen-bond donors (Lipinski definition) is 0. The van der Waals surface area contributed by atoms with Gasteiger partial charge in [0, 0.05) is 51.4 Å². The number of aromatic nitrogens is 2. The van der Waals surface area contributed by atoms with E-state index in [0.717, 1.165) is 22.8 Å². The molecule has 0 amide bonds. The first-order chi connectivity index (χ1) is 14.7. The van der Waals surface area contributed by atoms with E-state index in [9.17, 15) is 0 Å². The van der Waals surface area contributed by atoms with Crippen molar-refractivity contribution in [1.29, 1.82) is 10.5 Å². The van der Waals surface area contributed by atoms with Gasteiger partial charge in [-0.25, -0.2) is 0 Å². The van der Waals surface area contributed by atoms with E-state index in [-0.39, 0.29) is 35.6 Å². The summed E-state index contributed by atoms with van der Waals surface area (Å²) in [6, 6.07) is 0. The first-order valence-electron chi connectivity index (χ1n) is 10.6. The Bertz CT molecular complexity index is 810. The maximum absolute atomic E-state index is 6.25. The molecule has 2 heterocycles. The molecule has 0 saturated heterocycles. The van der Waals surface area contributed by atoms with Gasteiger partial charge in [0.25, 0.3) is 0 Å². The average Bonchev–Trinajstić information content (AvgIpc) is 2.72. The normalized spacial score (nSPS) is 8.97. The standard InChI is InChI=1S/C18H24N2.2C3H9P.2CN.Os/c1-9-11(3)15(7)19-17(13(9)5)18-14(6)10(2)12(4)16(8)20-18;2*1-4(2)3;2*1-2;/h1-8H3;2*1-3H3;;;/q;;;2*-1;+2/p+2. The van der Waals surface area contributed by atoms with E-state index in [1.54, 1.807) is 0 Å². The van der Waals surface area contributed by atoms with E-state index in [4.69, 9.17) is 33.6 Å².